The van der Waals surface area contributed by atoms with E-state index in [0.717, 1.165) is 49.0 Å². The smallest absolute Gasteiger partial charge is 0.341 e. The van der Waals surface area contributed by atoms with Gasteiger partial charge in [0.25, 0.3) is 10.0 Å². The number of rotatable bonds is 5. The van der Waals surface area contributed by atoms with Gasteiger partial charge >= 0.3 is 5.97 Å². The lowest BCUT2D eigenvalue weighted by Gasteiger charge is -2.12. The van der Waals surface area contributed by atoms with Gasteiger partial charge in [0.15, 0.2) is 0 Å². The Kier molecular flexibility index (Phi) is 6.44. The molecule has 1 aromatic carbocycles. The van der Waals surface area contributed by atoms with Gasteiger partial charge in [0.2, 0.25) is 0 Å². The summed E-state index contributed by atoms with van der Waals surface area (Å²) >= 11 is 7.19. The summed E-state index contributed by atoms with van der Waals surface area (Å²) in [6, 6.07) is 5.93. The third-order valence-electron chi connectivity index (χ3n) is 4.50. The molecule has 2 aromatic rings. The van der Waals surface area contributed by atoms with Gasteiger partial charge in [-0.05, 0) is 62.4 Å². The molecule has 0 aliphatic heterocycles. The number of fused-ring (bicyclic) bond motifs is 1. The number of nitrogens with one attached hydrogen (secondary N) is 1. The summed E-state index contributed by atoms with van der Waals surface area (Å²) in [5, 5.41) is 0.801. The number of hydrogen-bond donors (Lipinski definition) is 1. The van der Waals surface area contributed by atoms with E-state index in [1.165, 1.54) is 35.6 Å². The van der Waals surface area contributed by atoms with E-state index in [2.05, 4.69) is 4.72 Å². The second-order valence-corrected chi connectivity index (χ2v) is 9.63. The Morgan fingerprint density at radius 1 is 1.15 bits per heavy atom. The first-order valence-electron chi connectivity index (χ1n) is 9.02. The number of ether oxygens (including phenoxy) is 1. The Labute approximate surface area is 168 Å². The number of sulfonamides is 1. The van der Waals surface area contributed by atoms with Crippen LogP contribution in [0.4, 0.5) is 5.00 Å². The average Bonchev–Trinajstić information content (AvgIpc) is 2.91. The lowest BCUT2D eigenvalue weighted by atomic mass is 9.96. The summed E-state index contributed by atoms with van der Waals surface area (Å²) in [6.45, 7) is 1.98. The molecule has 1 N–H and O–H groups in total. The summed E-state index contributed by atoms with van der Waals surface area (Å²) in [6.07, 6.45) is 5.91. The molecule has 1 heterocycles. The van der Waals surface area contributed by atoms with Crippen molar-refractivity contribution >= 4 is 43.9 Å². The van der Waals surface area contributed by atoms with Gasteiger partial charge in [-0.1, -0.05) is 24.4 Å². The fraction of sp³-hybridized carbons (Fsp3) is 0.421. The molecule has 0 saturated heterocycles. The fourth-order valence-electron chi connectivity index (χ4n) is 3.21. The predicted octanol–water partition coefficient (Wildman–Crippen LogP) is 5.04. The average molecular weight is 428 g/mol. The van der Waals surface area contributed by atoms with Gasteiger partial charge in [-0.2, -0.15) is 0 Å². The number of carbonyl (C=O) groups is 1. The highest BCUT2D eigenvalue weighted by atomic mass is 35.5. The minimum Gasteiger partial charge on any atom is -0.462 e. The van der Waals surface area contributed by atoms with Gasteiger partial charge in [0.05, 0.1) is 17.1 Å². The first kappa shape index (κ1) is 20.2. The monoisotopic (exact) mass is 427 g/mol. The Morgan fingerprint density at radius 3 is 2.48 bits per heavy atom. The van der Waals surface area contributed by atoms with Crippen LogP contribution in [0.25, 0.3) is 0 Å². The van der Waals surface area contributed by atoms with E-state index in [0.29, 0.717) is 15.6 Å². The van der Waals surface area contributed by atoms with Crippen LogP contribution in [0, 0.1) is 0 Å². The molecular formula is C19H22ClNO4S2. The molecular weight excluding hydrogens is 406 g/mol. The Balaban J connectivity index is 2.01. The summed E-state index contributed by atoms with van der Waals surface area (Å²) in [7, 11) is -3.82. The van der Waals surface area contributed by atoms with Crippen molar-refractivity contribution in [3.63, 3.8) is 0 Å². The minimum absolute atomic E-state index is 0.0996. The van der Waals surface area contributed by atoms with Crippen molar-refractivity contribution in [2.24, 2.45) is 0 Å². The maximum atomic E-state index is 12.8. The minimum atomic E-state index is -3.82. The number of benzene rings is 1. The lowest BCUT2D eigenvalue weighted by molar-refractivity contribution is 0.0526. The molecule has 1 aromatic heterocycles. The highest BCUT2D eigenvalue weighted by molar-refractivity contribution is 7.93. The highest BCUT2D eigenvalue weighted by Gasteiger charge is 2.28. The third kappa shape index (κ3) is 4.65. The second-order valence-electron chi connectivity index (χ2n) is 6.40. The predicted molar refractivity (Wildman–Crippen MR) is 108 cm³/mol. The van der Waals surface area contributed by atoms with Gasteiger partial charge in [0.1, 0.15) is 5.00 Å². The first-order valence-corrected chi connectivity index (χ1v) is 11.7. The van der Waals surface area contributed by atoms with Crippen molar-refractivity contribution in [3.05, 3.63) is 45.3 Å². The van der Waals surface area contributed by atoms with Crippen molar-refractivity contribution in [3.8, 4) is 0 Å². The van der Waals surface area contributed by atoms with Crippen LogP contribution >= 0.6 is 22.9 Å². The van der Waals surface area contributed by atoms with Gasteiger partial charge in [-0.3, -0.25) is 4.72 Å². The van der Waals surface area contributed by atoms with Crippen LogP contribution in [-0.2, 0) is 27.6 Å². The molecule has 0 atom stereocenters. The summed E-state index contributed by atoms with van der Waals surface area (Å²) < 4.78 is 33.4. The Hall–Kier alpha value is -1.57. The van der Waals surface area contributed by atoms with Crippen LogP contribution in [0.5, 0.6) is 0 Å². The Morgan fingerprint density at radius 2 is 1.81 bits per heavy atom. The maximum absolute atomic E-state index is 12.8. The third-order valence-corrected chi connectivity index (χ3v) is 7.46. The maximum Gasteiger partial charge on any atom is 0.341 e. The molecule has 8 heteroatoms. The van der Waals surface area contributed by atoms with Crippen molar-refractivity contribution in [1.82, 2.24) is 0 Å². The van der Waals surface area contributed by atoms with Crippen LogP contribution in [0.2, 0.25) is 5.02 Å². The summed E-state index contributed by atoms with van der Waals surface area (Å²) in [5.74, 6) is -0.468. The van der Waals surface area contributed by atoms with Crippen molar-refractivity contribution in [2.45, 2.75) is 50.3 Å². The molecule has 146 valence electrons. The molecule has 0 spiro atoms. The topological polar surface area (TPSA) is 72.5 Å². The summed E-state index contributed by atoms with van der Waals surface area (Å²) in [4.78, 5) is 13.8. The van der Waals surface area contributed by atoms with Crippen LogP contribution in [0.3, 0.4) is 0 Å². The largest absolute Gasteiger partial charge is 0.462 e. The molecule has 3 rings (SSSR count). The number of hydrogen-bond acceptors (Lipinski definition) is 5. The Bertz CT molecular complexity index is 920. The van der Waals surface area contributed by atoms with Gasteiger partial charge in [-0.25, -0.2) is 13.2 Å². The second kappa shape index (κ2) is 8.63. The quantitative estimate of drug-likeness (QED) is 0.678. The molecule has 0 amide bonds. The zero-order chi connectivity index (χ0) is 19.4. The summed E-state index contributed by atoms with van der Waals surface area (Å²) in [5.41, 5.74) is 1.31. The van der Waals surface area contributed by atoms with Crippen molar-refractivity contribution < 1.29 is 17.9 Å². The number of anilines is 1. The number of esters is 1. The van der Waals surface area contributed by atoms with E-state index in [1.54, 1.807) is 6.92 Å². The molecule has 0 radical (unpaired) electrons. The number of carbonyl (C=O) groups excluding carboxylic acids is 1. The van der Waals surface area contributed by atoms with Crippen molar-refractivity contribution in [2.75, 3.05) is 11.3 Å². The molecule has 0 fully saturated rings. The molecule has 0 unspecified atom stereocenters. The molecule has 0 bridgehead atoms. The van der Waals surface area contributed by atoms with Crippen LogP contribution in [-0.4, -0.2) is 21.0 Å². The van der Waals surface area contributed by atoms with E-state index < -0.39 is 16.0 Å². The lowest BCUT2D eigenvalue weighted by Crippen LogP contribution is -2.16. The van der Waals surface area contributed by atoms with E-state index in [-0.39, 0.29) is 11.5 Å². The van der Waals surface area contributed by atoms with Crippen LogP contribution in [0.15, 0.2) is 29.2 Å². The van der Waals surface area contributed by atoms with E-state index in [4.69, 9.17) is 16.3 Å². The van der Waals surface area contributed by atoms with Crippen molar-refractivity contribution in [1.29, 1.82) is 0 Å². The molecule has 5 nitrogen and oxygen atoms in total. The normalized spacial score (nSPS) is 14.7. The zero-order valence-electron chi connectivity index (χ0n) is 15.1. The highest BCUT2D eigenvalue weighted by Crippen LogP contribution is 2.38. The van der Waals surface area contributed by atoms with Gasteiger partial charge in [0, 0.05) is 9.90 Å². The van der Waals surface area contributed by atoms with Gasteiger partial charge in [-0.15, -0.1) is 11.3 Å². The van der Waals surface area contributed by atoms with Gasteiger partial charge < -0.3 is 4.74 Å². The molecule has 27 heavy (non-hydrogen) atoms. The molecule has 1 aliphatic carbocycles. The van der Waals surface area contributed by atoms with Crippen LogP contribution < -0.4 is 4.72 Å². The van der Waals surface area contributed by atoms with E-state index >= 15 is 0 Å². The first-order chi connectivity index (χ1) is 12.9. The van der Waals surface area contributed by atoms with Crippen LogP contribution in [0.1, 0.15) is 53.4 Å². The number of thiophene rings is 1. The standard InChI is InChI=1S/C19H22ClNO4S2/c1-2-25-19(22)17-15-7-5-3-4-6-8-16(15)26-18(17)21-27(23,24)14-11-9-13(20)10-12-14/h9-12,21H,2-8H2,1H3. The molecule has 0 saturated carbocycles. The molecule has 1 aliphatic rings. The fourth-order valence-corrected chi connectivity index (χ4v) is 5.91. The van der Waals surface area contributed by atoms with E-state index in [9.17, 15) is 13.2 Å². The number of aryl methyl sites for hydroxylation is 1. The van der Waals surface area contributed by atoms with E-state index in [1.807, 2.05) is 0 Å². The number of halogens is 1. The zero-order valence-corrected chi connectivity index (χ0v) is 17.5. The SMILES string of the molecule is CCOC(=O)c1c(NS(=O)(=O)c2ccc(Cl)cc2)sc2c1CCCCCC2.